The van der Waals surface area contributed by atoms with Gasteiger partial charge in [0.25, 0.3) is 0 Å². The number of benzene rings is 8. The Balaban J connectivity index is 0.000000176. The van der Waals surface area contributed by atoms with E-state index in [1.54, 1.807) is 96.3 Å². The Morgan fingerprint density at radius 2 is 0.662 bits per heavy atom. The van der Waals surface area contributed by atoms with Crippen LogP contribution in [-0.2, 0) is 43.6 Å². The minimum absolute atomic E-state index is 0.0745. The van der Waals surface area contributed by atoms with Crippen molar-refractivity contribution in [1.82, 2.24) is 0 Å². The standard InChI is InChI=1S/C13H13BO4S.C13H13BO3S.2C13H13BO2S/c15-14(16)12-6-8-13(9-7-12)19(17,18)10-11-4-2-1-3-5-11;15-14(16)12-6-8-13(9-7-12)18(17)10-11-4-2-1-3-5-11;2*15-14(16)12-6-8-13(9-7-12)17-10-11-4-2-1-3-5-11/h1-9,15-16H,10H2;1-9,15-16H,10H2;2*1-9,15-16H,10H2. The zero-order chi connectivity index (χ0) is 51.0. The van der Waals surface area contributed by atoms with Crippen LogP contribution in [0.25, 0.3) is 0 Å². The van der Waals surface area contributed by atoms with Gasteiger partial charge in [0.15, 0.2) is 9.84 Å². The number of hydrogen-bond acceptors (Lipinski definition) is 13. The van der Waals surface area contributed by atoms with Gasteiger partial charge >= 0.3 is 28.5 Å². The number of thioether (sulfide) groups is 2. The van der Waals surface area contributed by atoms with E-state index in [9.17, 15) is 12.6 Å². The van der Waals surface area contributed by atoms with Gasteiger partial charge in [-0.15, -0.1) is 23.5 Å². The smallest absolute Gasteiger partial charge is 0.423 e. The van der Waals surface area contributed by atoms with Gasteiger partial charge in [-0.3, -0.25) is 4.21 Å². The molecule has 362 valence electrons. The van der Waals surface area contributed by atoms with E-state index in [-0.39, 0.29) is 16.1 Å². The van der Waals surface area contributed by atoms with Gasteiger partial charge < -0.3 is 40.2 Å². The predicted octanol–water partition coefficient (Wildman–Crippen LogP) is 4.33. The van der Waals surface area contributed by atoms with E-state index < -0.39 is 49.1 Å². The van der Waals surface area contributed by atoms with Crippen molar-refractivity contribution < 1.29 is 52.8 Å². The molecule has 0 fully saturated rings. The Labute approximate surface area is 427 Å². The largest absolute Gasteiger partial charge is 0.488 e. The fourth-order valence-electron chi connectivity index (χ4n) is 6.28. The average molecular weight is 1020 g/mol. The van der Waals surface area contributed by atoms with Crippen molar-refractivity contribution in [2.75, 3.05) is 0 Å². The monoisotopic (exact) mass is 1020 g/mol. The maximum atomic E-state index is 12.2. The normalized spacial score (nSPS) is 11.0. The summed E-state index contributed by atoms with van der Waals surface area (Å²) in [5.41, 5.74) is 6.00. The molecule has 0 radical (unpaired) electrons. The zero-order valence-corrected chi connectivity index (χ0v) is 41.6. The molecule has 0 spiro atoms. The first kappa shape index (κ1) is 56.4. The van der Waals surface area contributed by atoms with E-state index in [1.165, 1.54) is 35.4 Å². The maximum Gasteiger partial charge on any atom is 0.488 e. The van der Waals surface area contributed by atoms with Gasteiger partial charge in [0.05, 0.1) is 27.2 Å². The molecule has 19 heteroatoms. The third-order valence-corrected chi connectivity index (χ3v) is 15.4. The summed E-state index contributed by atoms with van der Waals surface area (Å²) >= 11 is 3.46. The van der Waals surface area contributed by atoms with Gasteiger partial charge in [0.1, 0.15) is 0 Å². The summed E-state index contributed by atoms with van der Waals surface area (Å²) in [6.45, 7) is 0. The summed E-state index contributed by atoms with van der Waals surface area (Å²) in [4.78, 5) is 3.10. The van der Waals surface area contributed by atoms with E-state index >= 15 is 0 Å². The molecular weight excluding hydrogens is 972 g/mol. The van der Waals surface area contributed by atoms with Crippen LogP contribution in [0.15, 0.2) is 238 Å². The third kappa shape index (κ3) is 20.3. The molecule has 0 aromatic heterocycles. The minimum atomic E-state index is -3.42. The van der Waals surface area contributed by atoms with Crippen molar-refractivity contribution in [1.29, 1.82) is 0 Å². The molecule has 8 aromatic rings. The SMILES string of the molecule is O=S(=O)(Cc1ccccc1)c1ccc(B(O)O)cc1.O=S(Cc1ccccc1)c1ccc(B(O)O)cc1.OB(O)c1ccc(SCc2ccccc2)cc1.OB(O)c1ccc(SCc2ccccc2)cc1. The molecule has 0 saturated heterocycles. The molecule has 11 nitrogen and oxygen atoms in total. The van der Waals surface area contributed by atoms with E-state index in [0.717, 1.165) is 26.9 Å². The fraction of sp³-hybridized carbons (Fsp3) is 0.0769. The molecule has 8 rings (SSSR count). The van der Waals surface area contributed by atoms with E-state index in [2.05, 4.69) is 24.3 Å². The number of hydrogen-bond donors (Lipinski definition) is 8. The second kappa shape index (κ2) is 29.7. The highest BCUT2D eigenvalue weighted by Gasteiger charge is 2.18. The maximum absolute atomic E-state index is 12.2. The molecule has 0 amide bonds. The molecule has 8 N–H and O–H groups in total. The highest BCUT2D eigenvalue weighted by molar-refractivity contribution is 7.98. The predicted molar refractivity (Wildman–Crippen MR) is 291 cm³/mol. The molecule has 0 aliphatic rings. The first-order valence-corrected chi connectivity index (χ1v) is 27.0. The number of sulfone groups is 1. The van der Waals surface area contributed by atoms with Crippen LogP contribution >= 0.6 is 23.5 Å². The first-order valence-electron chi connectivity index (χ1n) is 22.0. The molecule has 1 unspecified atom stereocenters. The highest BCUT2D eigenvalue weighted by atomic mass is 32.2. The van der Waals surface area contributed by atoms with Crippen molar-refractivity contribution in [3.8, 4) is 0 Å². The number of rotatable bonds is 16. The topological polar surface area (TPSA) is 213 Å². The molecule has 0 heterocycles. The van der Waals surface area contributed by atoms with Gasteiger partial charge in [-0.2, -0.15) is 0 Å². The van der Waals surface area contributed by atoms with Crippen LogP contribution in [0.3, 0.4) is 0 Å². The van der Waals surface area contributed by atoms with Gasteiger partial charge in [-0.1, -0.05) is 170 Å². The lowest BCUT2D eigenvalue weighted by Gasteiger charge is -2.06. The van der Waals surface area contributed by atoms with Crippen LogP contribution in [0.5, 0.6) is 0 Å². The van der Waals surface area contributed by atoms with E-state index in [4.69, 9.17) is 40.2 Å². The lowest BCUT2D eigenvalue weighted by Crippen LogP contribution is -2.29. The minimum Gasteiger partial charge on any atom is -0.423 e. The van der Waals surface area contributed by atoms with Gasteiger partial charge in [-0.25, -0.2) is 8.42 Å². The Morgan fingerprint density at radius 1 is 0.366 bits per heavy atom. The highest BCUT2D eigenvalue weighted by Crippen LogP contribution is 2.23. The molecule has 8 aromatic carbocycles. The molecular formula is C52H52B4O11S4. The van der Waals surface area contributed by atoms with Crippen LogP contribution in [0.1, 0.15) is 22.3 Å². The van der Waals surface area contributed by atoms with Crippen LogP contribution in [-0.4, -0.2) is 81.3 Å². The molecule has 0 aliphatic heterocycles. The quantitative estimate of drug-likeness (QED) is 0.0501. The fourth-order valence-corrected chi connectivity index (χ4v) is 10.4. The zero-order valence-electron chi connectivity index (χ0n) is 38.4. The van der Waals surface area contributed by atoms with Crippen molar-refractivity contribution in [2.24, 2.45) is 0 Å². The molecule has 71 heavy (non-hydrogen) atoms. The second-order valence-corrected chi connectivity index (χ2v) is 21.1. The van der Waals surface area contributed by atoms with Crippen LogP contribution in [0.2, 0.25) is 0 Å². The summed E-state index contributed by atoms with van der Waals surface area (Å²) in [5.74, 6) is 2.22. The lowest BCUT2D eigenvalue weighted by molar-refractivity contribution is 0.424. The molecule has 0 saturated carbocycles. The summed E-state index contributed by atoms with van der Waals surface area (Å²) in [6.07, 6.45) is 0. The second-order valence-electron chi connectivity index (χ2n) is 15.5. The van der Waals surface area contributed by atoms with Crippen molar-refractivity contribution in [2.45, 2.75) is 42.6 Å². The van der Waals surface area contributed by atoms with Gasteiger partial charge in [-0.05, 0) is 92.6 Å². The van der Waals surface area contributed by atoms with Crippen LogP contribution in [0.4, 0.5) is 0 Å². The van der Waals surface area contributed by atoms with Crippen molar-refractivity contribution >= 4 is 94.5 Å². The Bertz CT molecular complexity index is 2780. The van der Waals surface area contributed by atoms with Crippen molar-refractivity contribution in [3.63, 3.8) is 0 Å². The van der Waals surface area contributed by atoms with Crippen LogP contribution in [0, 0.1) is 0 Å². The van der Waals surface area contributed by atoms with Crippen LogP contribution < -0.4 is 21.9 Å². The molecule has 0 bridgehead atoms. The van der Waals surface area contributed by atoms with E-state index in [0.29, 0.717) is 32.6 Å². The molecule has 1 atom stereocenters. The summed E-state index contributed by atoms with van der Waals surface area (Å²) in [7, 11) is -10.4. The van der Waals surface area contributed by atoms with E-state index in [1.807, 2.05) is 97.1 Å². The molecule has 0 aliphatic carbocycles. The van der Waals surface area contributed by atoms with Gasteiger partial charge in [0.2, 0.25) is 0 Å². The first-order chi connectivity index (χ1) is 34.2. The summed E-state index contributed by atoms with van der Waals surface area (Å²) in [5, 5.41) is 71.7. The average Bonchev–Trinajstić information content (AvgIpc) is 3.39. The van der Waals surface area contributed by atoms with Gasteiger partial charge in [0, 0.05) is 26.2 Å². The Kier molecular flexibility index (Phi) is 23.6. The Hall–Kier alpha value is -5.50. The Morgan fingerprint density at radius 3 is 1.00 bits per heavy atom. The summed E-state index contributed by atoms with van der Waals surface area (Å²) < 4.78 is 36.4. The summed E-state index contributed by atoms with van der Waals surface area (Å²) in [6, 6.07) is 65.6. The third-order valence-electron chi connectivity index (χ3n) is 10.2. The lowest BCUT2D eigenvalue weighted by atomic mass is 9.81. The van der Waals surface area contributed by atoms with Crippen molar-refractivity contribution in [3.05, 3.63) is 241 Å².